The fraction of sp³-hybridized carbons (Fsp3) is 1.00. The molecule has 0 bridgehead atoms. The Hall–Kier alpha value is 1.75. The molecule has 0 aliphatic carbocycles. The predicted molar refractivity (Wildman–Crippen MR) is 74.5 cm³/mol. The van der Waals surface area contributed by atoms with E-state index in [1.165, 1.54) is 0 Å². The first kappa shape index (κ1) is 20.1. The van der Waals surface area contributed by atoms with E-state index in [0.717, 1.165) is 0 Å². The van der Waals surface area contributed by atoms with E-state index >= 15 is 0 Å². The van der Waals surface area contributed by atoms with Gasteiger partial charge in [0.05, 0.1) is 0 Å². The average Bonchev–Trinajstić information content (AvgIpc) is 2.01. The molecule has 98 valence electrons. The van der Waals surface area contributed by atoms with Gasteiger partial charge in [0.1, 0.15) is 0 Å². The third-order valence-electron chi connectivity index (χ3n) is 2.46. The molecular weight excluding hydrogens is 396 g/mol. The molecule has 0 radical (unpaired) electrons. The zero-order valence-electron chi connectivity index (χ0n) is 12.1. The number of hydrogen-bond donors (Lipinski definition) is 0. The fourth-order valence-electron chi connectivity index (χ4n) is 1.79. The molecule has 2 nitrogen and oxygen atoms in total. The Bertz CT molecular complexity index is 138. The first-order valence-electron chi connectivity index (χ1n) is 6.10. The van der Waals surface area contributed by atoms with E-state index in [2.05, 4.69) is 57.4 Å². The van der Waals surface area contributed by atoms with Crippen LogP contribution in [0.1, 0.15) is 55.4 Å². The standard InChI is InChI=1S/2C6H14N.BrH.Nd/c2*1-5(2)7-6(3)4;;/h2*5-6H,1-4H3;1H;/q2*-1;;+2. The molecule has 0 atom stereocenters. The van der Waals surface area contributed by atoms with Crippen LogP contribution in [0.5, 0.6) is 0 Å². The molecule has 16 heavy (non-hydrogen) atoms. The van der Waals surface area contributed by atoms with Crippen LogP contribution in [0.15, 0.2) is 0 Å². The summed E-state index contributed by atoms with van der Waals surface area (Å²) < 4.78 is 5.47. The molecule has 0 fully saturated rings. The van der Waals surface area contributed by atoms with E-state index in [0.29, 0.717) is 24.2 Å². The second kappa shape index (κ2) is 9.65. The Morgan fingerprint density at radius 2 is 0.750 bits per heavy atom. The summed E-state index contributed by atoms with van der Waals surface area (Å²) >= 11 is -0.827. The van der Waals surface area contributed by atoms with Crippen LogP contribution in [-0.2, 0) is 0 Å². The van der Waals surface area contributed by atoms with Crippen molar-refractivity contribution in [1.82, 2.24) is 1.97 Å². The van der Waals surface area contributed by atoms with Crippen molar-refractivity contribution in [3.63, 3.8) is 0 Å². The van der Waals surface area contributed by atoms with Crippen molar-refractivity contribution < 1.29 is 37.5 Å². The van der Waals surface area contributed by atoms with Crippen molar-refractivity contribution in [3.8, 4) is 0 Å². The van der Waals surface area contributed by atoms with Crippen molar-refractivity contribution in [2.24, 2.45) is 0 Å². The summed E-state index contributed by atoms with van der Waals surface area (Å²) in [6.07, 6.45) is 0. The van der Waals surface area contributed by atoms with Gasteiger partial charge in [-0.25, -0.2) is 0 Å². The molecule has 0 amide bonds. The van der Waals surface area contributed by atoms with Crippen LogP contribution in [-0.4, -0.2) is 26.1 Å². The first-order valence-corrected chi connectivity index (χ1v) is 8.97. The van der Waals surface area contributed by atoms with Crippen LogP contribution in [0.2, 0.25) is 0 Å². The molecule has 0 aromatic heterocycles. The zero-order chi connectivity index (χ0) is 12.2. The van der Waals surface area contributed by atoms with Gasteiger partial charge in [0.2, 0.25) is 0 Å². The van der Waals surface area contributed by atoms with Crippen LogP contribution in [0.4, 0.5) is 0 Å². The maximum atomic E-state index is 2.74. The van der Waals surface area contributed by atoms with Gasteiger partial charge in [-0.2, -0.15) is 0 Å². The quantitative estimate of drug-likeness (QED) is 0.640. The summed E-state index contributed by atoms with van der Waals surface area (Å²) in [5.41, 5.74) is 0. The average molecular weight is 426 g/mol. The summed E-state index contributed by atoms with van der Waals surface area (Å²) in [5.74, 6) is 0. The minimum atomic E-state index is -0.827. The monoisotopic (exact) mass is 422 g/mol. The third kappa shape index (κ3) is 7.24. The molecule has 0 saturated heterocycles. The topological polar surface area (TPSA) is 6.48 Å². The van der Waals surface area contributed by atoms with Gasteiger partial charge in [0, 0.05) is 0 Å². The summed E-state index contributed by atoms with van der Waals surface area (Å²) in [4.78, 5) is 0. The van der Waals surface area contributed by atoms with E-state index in [-0.39, 0.29) is 17.0 Å². The predicted octanol–water partition coefficient (Wildman–Crippen LogP) is 3.72. The van der Waals surface area contributed by atoms with Gasteiger partial charge in [-0.05, 0) is 0 Å². The van der Waals surface area contributed by atoms with Crippen molar-refractivity contribution in [3.05, 3.63) is 0 Å². The van der Waals surface area contributed by atoms with Gasteiger partial charge in [0.15, 0.2) is 0 Å². The Kier molecular flexibility index (Phi) is 12.1. The molecule has 0 aliphatic heterocycles. The van der Waals surface area contributed by atoms with E-state index in [1.807, 2.05) is 0 Å². The number of halogens is 1. The SMILES string of the molecule is Br.CC(C)[N]([Nd][N](C(C)C)C(C)C)C(C)C. The normalized spacial score (nSPS) is 12.1. The first-order chi connectivity index (χ1) is 6.77. The molecule has 0 spiro atoms. The van der Waals surface area contributed by atoms with Crippen molar-refractivity contribution in [1.29, 1.82) is 0 Å². The van der Waals surface area contributed by atoms with Gasteiger partial charge in [0.25, 0.3) is 0 Å². The second-order valence-corrected chi connectivity index (χ2v) is 9.24. The molecule has 4 heteroatoms. The summed E-state index contributed by atoms with van der Waals surface area (Å²) in [6, 6.07) is 2.81. The molecule has 0 saturated carbocycles. The van der Waals surface area contributed by atoms with Gasteiger partial charge in [-0.3, -0.25) is 0 Å². The van der Waals surface area contributed by atoms with E-state index in [9.17, 15) is 0 Å². The van der Waals surface area contributed by atoms with Gasteiger partial charge in [-0.1, -0.05) is 0 Å². The number of nitrogens with zero attached hydrogens (tertiary/aromatic N) is 2. The van der Waals surface area contributed by atoms with Crippen molar-refractivity contribution in [2.75, 3.05) is 0 Å². The third-order valence-corrected chi connectivity index (χ3v) is 10.6. The molecule has 0 aliphatic rings. The molecule has 0 aromatic rings. The van der Waals surface area contributed by atoms with Crippen LogP contribution in [0, 0.1) is 37.5 Å². The number of rotatable bonds is 6. The zero-order valence-corrected chi connectivity index (χ0v) is 17.0. The van der Waals surface area contributed by atoms with Crippen LogP contribution in [0.25, 0.3) is 0 Å². The molecule has 0 N–H and O–H groups in total. The van der Waals surface area contributed by atoms with Crippen LogP contribution >= 0.6 is 17.0 Å². The van der Waals surface area contributed by atoms with E-state index in [4.69, 9.17) is 0 Å². The van der Waals surface area contributed by atoms with Crippen LogP contribution < -0.4 is 0 Å². The fourth-order valence-corrected chi connectivity index (χ4v) is 5.61. The Labute approximate surface area is 134 Å². The van der Waals surface area contributed by atoms with Crippen molar-refractivity contribution >= 4 is 17.0 Å². The molecule has 0 heterocycles. The summed E-state index contributed by atoms with van der Waals surface area (Å²) in [6.45, 7) is 18.6. The molecule has 0 aromatic carbocycles. The summed E-state index contributed by atoms with van der Waals surface area (Å²) in [7, 11) is 0. The van der Waals surface area contributed by atoms with Crippen LogP contribution in [0.3, 0.4) is 0 Å². The number of hydrogen-bond acceptors (Lipinski definition) is 2. The van der Waals surface area contributed by atoms with E-state index < -0.39 is 37.5 Å². The van der Waals surface area contributed by atoms with Gasteiger partial charge >= 0.3 is 119 Å². The summed E-state index contributed by atoms with van der Waals surface area (Å²) in [5, 5.41) is 0. The molecular formula is C12H29BrN2Nd. The molecule has 0 rings (SSSR count). The minimum absolute atomic E-state index is 0. The molecule has 0 unspecified atom stereocenters. The Morgan fingerprint density at radius 3 is 0.875 bits per heavy atom. The Morgan fingerprint density at radius 1 is 0.562 bits per heavy atom. The maximum absolute atomic E-state index is 2.74. The van der Waals surface area contributed by atoms with Gasteiger partial charge in [-0.15, -0.1) is 17.0 Å². The van der Waals surface area contributed by atoms with Crippen molar-refractivity contribution in [2.45, 2.75) is 79.6 Å². The van der Waals surface area contributed by atoms with Gasteiger partial charge < -0.3 is 0 Å². The second-order valence-electron chi connectivity index (χ2n) is 5.29. The Balaban J connectivity index is 0. The van der Waals surface area contributed by atoms with E-state index in [1.54, 1.807) is 0 Å².